The smallest absolute Gasteiger partial charge is 0.271 e. The number of likely N-dealkylation sites (N-methyl/N-ethyl adjacent to an activating group) is 1. The van der Waals surface area contributed by atoms with E-state index in [0.29, 0.717) is 17.4 Å². The first-order chi connectivity index (χ1) is 15.5. The zero-order valence-corrected chi connectivity index (χ0v) is 19.3. The Balaban J connectivity index is 1.43. The molecule has 10 heteroatoms. The summed E-state index contributed by atoms with van der Waals surface area (Å²) in [5.74, 6) is -0.00662. The van der Waals surface area contributed by atoms with Gasteiger partial charge in [-0.15, -0.1) is 0 Å². The highest BCUT2D eigenvalue weighted by atomic mass is 32.1. The third-order valence-corrected chi connectivity index (χ3v) is 7.04. The summed E-state index contributed by atoms with van der Waals surface area (Å²) in [6, 6.07) is 7.91. The molecular weight excluding hydrogens is 444 g/mol. The Labute approximate surface area is 192 Å². The molecule has 4 aromatic rings. The summed E-state index contributed by atoms with van der Waals surface area (Å²) >= 11 is 2.68. The number of nitrogens with one attached hydrogen (secondary N) is 3. The van der Waals surface area contributed by atoms with E-state index in [-0.39, 0.29) is 23.8 Å². The van der Waals surface area contributed by atoms with Crippen LogP contribution in [0.15, 0.2) is 30.5 Å². The first-order valence-electron chi connectivity index (χ1n) is 10.4. The maximum atomic E-state index is 12.7. The topological polar surface area (TPSA) is 109 Å². The van der Waals surface area contributed by atoms with Gasteiger partial charge in [0, 0.05) is 35.7 Å². The lowest BCUT2D eigenvalue weighted by atomic mass is 10.1. The number of carbonyl (C=O) groups excluding carboxylic acids is 2. The van der Waals surface area contributed by atoms with Gasteiger partial charge in [0.05, 0.1) is 10.2 Å². The standard InChI is InChI=1S/C22H22N6O2S2/c1-11(9-23-2)25-20(30)18-15-7-14(10-24-21(15)32-28-18)13-5-6-16-17(8-13)31-22(26-16)27-19(29)12-3-4-12/h5-8,10-12,23H,3-4,9H2,1-2H3,(H,25,30)(H,26,27,29). The lowest BCUT2D eigenvalue weighted by molar-refractivity contribution is -0.117. The molecule has 164 valence electrons. The summed E-state index contributed by atoms with van der Waals surface area (Å²) in [5.41, 5.74) is 3.10. The molecule has 0 bridgehead atoms. The highest BCUT2D eigenvalue weighted by molar-refractivity contribution is 7.22. The minimum atomic E-state index is -0.202. The van der Waals surface area contributed by atoms with Gasteiger partial charge in [0.25, 0.3) is 5.91 Å². The van der Waals surface area contributed by atoms with Crippen LogP contribution >= 0.6 is 22.9 Å². The van der Waals surface area contributed by atoms with Gasteiger partial charge in [0.2, 0.25) is 5.91 Å². The van der Waals surface area contributed by atoms with Gasteiger partial charge in [-0.3, -0.25) is 9.59 Å². The summed E-state index contributed by atoms with van der Waals surface area (Å²) in [6.07, 6.45) is 3.72. The maximum absolute atomic E-state index is 12.7. The monoisotopic (exact) mass is 466 g/mol. The third kappa shape index (κ3) is 4.21. The van der Waals surface area contributed by atoms with Crippen LogP contribution in [-0.2, 0) is 4.79 Å². The largest absolute Gasteiger partial charge is 0.347 e. The van der Waals surface area contributed by atoms with Gasteiger partial charge in [0.1, 0.15) is 4.83 Å². The zero-order chi connectivity index (χ0) is 22.2. The number of rotatable bonds is 7. The van der Waals surface area contributed by atoms with Crippen molar-refractivity contribution in [2.45, 2.75) is 25.8 Å². The quantitative estimate of drug-likeness (QED) is 0.384. The fraction of sp³-hybridized carbons (Fsp3) is 0.318. The first-order valence-corrected chi connectivity index (χ1v) is 12.0. The van der Waals surface area contributed by atoms with Crippen molar-refractivity contribution in [1.82, 2.24) is 25.0 Å². The molecule has 3 heterocycles. The molecule has 32 heavy (non-hydrogen) atoms. The number of fused-ring (bicyclic) bond motifs is 2. The van der Waals surface area contributed by atoms with Crippen LogP contribution in [0.1, 0.15) is 30.3 Å². The number of carbonyl (C=O) groups is 2. The van der Waals surface area contributed by atoms with Crippen molar-refractivity contribution in [3.8, 4) is 11.1 Å². The number of aromatic nitrogens is 3. The lowest BCUT2D eigenvalue weighted by Crippen LogP contribution is -2.39. The van der Waals surface area contributed by atoms with Crippen molar-refractivity contribution in [3.05, 3.63) is 36.2 Å². The van der Waals surface area contributed by atoms with Gasteiger partial charge in [-0.05, 0) is 62.1 Å². The van der Waals surface area contributed by atoms with Crippen molar-refractivity contribution in [1.29, 1.82) is 0 Å². The molecule has 0 radical (unpaired) electrons. The molecular formula is C22H22N6O2S2. The Bertz CT molecular complexity index is 1330. The Morgan fingerprint density at radius 1 is 1.22 bits per heavy atom. The lowest BCUT2D eigenvalue weighted by Gasteiger charge is -2.12. The fourth-order valence-corrected chi connectivity index (χ4v) is 5.14. The highest BCUT2D eigenvalue weighted by Crippen LogP contribution is 2.34. The van der Waals surface area contributed by atoms with E-state index < -0.39 is 0 Å². The summed E-state index contributed by atoms with van der Waals surface area (Å²) in [7, 11) is 1.85. The molecule has 0 aliphatic heterocycles. The van der Waals surface area contributed by atoms with Crippen LogP contribution < -0.4 is 16.0 Å². The van der Waals surface area contributed by atoms with E-state index in [0.717, 1.165) is 44.4 Å². The van der Waals surface area contributed by atoms with Crippen molar-refractivity contribution >= 4 is 60.2 Å². The molecule has 2 amide bonds. The summed E-state index contributed by atoms with van der Waals surface area (Å²) in [4.78, 5) is 34.5. The molecule has 1 unspecified atom stereocenters. The zero-order valence-electron chi connectivity index (χ0n) is 17.6. The van der Waals surface area contributed by atoms with Gasteiger partial charge in [-0.1, -0.05) is 17.4 Å². The molecule has 0 saturated heterocycles. The number of nitrogens with zero attached hydrogens (tertiary/aromatic N) is 3. The molecule has 1 saturated carbocycles. The van der Waals surface area contributed by atoms with E-state index >= 15 is 0 Å². The molecule has 1 aliphatic rings. The molecule has 1 atom stereocenters. The van der Waals surface area contributed by atoms with Crippen LogP contribution in [0.4, 0.5) is 5.13 Å². The summed E-state index contributed by atoms with van der Waals surface area (Å²) < 4.78 is 5.32. The Kier molecular flexibility index (Phi) is 5.58. The van der Waals surface area contributed by atoms with E-state index in [1.54, 1.807) is 6.20 Å². The van der Waals surface area contributed by atoms with Gasteiger partial charge in [0.15, 0.2) is 10.8 Å². The predicted molar refractivity (Wildman–Crippen MR) is 128 cm³/mol. The van der Waals surface area contributed by atoms with E-state index in [1.807, 2.05) is 38.2 Å². The van der Waals surface area contributed by atoms with E-state index in [1.165, 1.54) is 22.9 Å². The summed E-state index contributed by atoms with van der Waals surface area (Å²) in [5, 5.41) is 10.3. The van der Waals surface area contributed by atoms with Gasteiger partial charge >= 0.3 is 0 Å². The van der Waals surface area contributed by atoms with Crippen LogP contribution in [0.5, 0.6) is 0 Å². The van der Waals surface area contributed by atoms with Crippen molar-refractivity contribution in [3.63, 3.8) is 0 Å². The number of hydrogen-bond donors (Lipinski definition) is 3. The van der Waals surface area contributed by atoms with Crippen LogP contribution in [0, 0.1) is 5.92 Å². The second-order valence-corrected chi connectivity index (χ2v) is 9.79. The number of anilines is 1. The van der Waals surface area contributed by atoms with Crippen LogP contribution in [-0.4, -0.2) is 45.8 Å². The van der Waals surface area contributed by atoms with E-state index in [2.05, 4.69) is 30.3 Å². The number of benzene rings is 1. The first kappa shape index (κ1) is 20.9. The number of amides is 2. The third-order valence-electron chi connectivity index (χ3n) is 5.33. The second-order valence-electron chi connectivity index (χ2n) is 8.01. The maximum Gasteiger partial charge on any atom is 0.271 e. The van der Waals surface area contributed by atoms with Gasteiger partial charge in [-0.2, -0.15) is 4.37 Å². The molecule has 3 N–H and O–H groups in total. The molecule has 3 aromatic heterocycles. The van der Waals surface area contributed by atoms with Gasteiger partial charge in [-0.25, -0.2) is 9.97 Å². The van der Waals surface area contributed by atoms with E-state index in [4.69, 9.17) is 0 Å². The number of hydrogen-bond acceptors (Lipinski definition) is 8. The number of pyridine rings is 1. The highest BCUT2D eigenvalue weighted by Gasteiger charge is 2.30. The van der Waals surface area contributed by atoms with Crippen LogP contribution in [0.3, 0.4) is 0 Å². The minimum Gasteiger partial charge on any atom is -0.347 e. The normalized spacial score (nSPS) is 14.6. The molecule has 5 rings (SSSR count). The van der Waals surface area contributed by atoms with Crippen molar-refractivity contribution in [2.75, 3.05) is 18.9 Å². The number of thiazole rings is 1. The van der Waals surface area contributed by atoms with E-state index in [9.17, 15) is 9.59 Å². The average molecular weight is 467 g/mol. The minimum absolute atomic E-state index is 0.0104. The van der Waals surface area contributed by atoms with Crippen molar-refractivity contribution < 1.29 is 9.59 Å². The molecule has 1 aromatic carbocycles. The second kappa shape index (κ2) is 8.53. The Morgan fingerprint density at radius 2 is 2.06 bits per heavy atom. The molecule has 0 spiro atoms. The fourth-order valence-electron chi connectivity index (χ4n) is 3.51. The summed E-state index contributed by atoms with van der Waals surface area (Å²) in [6.45, 7) is 2.62. The molecule has 8 nitrogen and oxygen atoms in total. The Hall–Kier alpha value is -2.95. The molecule has 1 aliphatic carbocycles. The Morgan fingerprint density at radius 3 is 2.84 bits per heavy atom. The molecule has 1 fully saturated rings. The average Bonchev–Trinajstić information content (AvgIpc) is 3.42. The van der Waals surface area contributed by atoms with Crippen LogP contribution in [0.25, 0.3) is 31.6 Å². The predicted octanol–water partition coefficient (Wildman–Crippen LogP) is 3.65. The van der Waals surface area contributed by atoms with Gasteiger partial charge < -0.3 is 16.0 Å². The van der Waals surface area contributed by atoms with Crippen molar-refractivity contribution in [2.24, 2.45) is 5.92 Å². The van der Waals surface area contributed by atoms with Crippen LogP contribution in [0.2, 0.25) is 0 Å². The SMILES string of the molecule is CNCC(C)NC(=O)c1nsc2ncc(-c3ccc4nc(NC(=O)C5CC5)sc4c3)cc12.